The van der Waals surface area contributed by atoms with Crippen LogP contribution in [0.15, 0.2) is 0 Å². The summed E-state index contributed by atoms with van der Waals surface area (Å²) in [5.74, 6) is -1.33. The van der Waals surface area contributed by atoms with Crippen LogP contribution in [0.1, 0.15) is 19.8 Å². The number of esters is 1. The molecule has 0 aromatic carbocycles. The number of nitrogens with zero attached hydrogens (tertiary/aromatic N) is 1. The molecule has 0 radical (unpaired) electrons. The monoisotopic (exact) mass is 215 g/mol. The van der Waals surface area contributed by atoms with Gasteiger partial charge in [-0.15, -0.1) is 0 Å². The number of carbonyl (C=O) groups is 2. The lowest BCUT2D eigenvalue weighted by atomic mass is 10.1. The second kappa shape index (κ2) is 5.70. The predicted molar refractivity (Wildman–Crippen MR) is 53.2 cm³/mol. The van der Waals surface area contributed by atoms with E-state index in [2.05, 4.69) is 4.74 Å². The number of piperidine rings is 1. The molecule has 1 rings (SSSR count). The van der Waals surface area contributed by atoms with Crippen molar-refractivity contribution in [1.29, 1.82) is 0 Å². The molecule has 0 saturated carbocycles. The third-order valence-electron chi connectivity index (χ3n) is 2.45. The average Bonchev–Trinajstić information content (AvgIpc) is 2.28. The predicted octanol–water partition coefficient (Wildman–Crippen LogP) is 0.187. The van der Waals surface area contributed by atoms with E-state index < -0.39 is 11.9 Å². The van der Waals surface area contributed by atoms with Gasteiger partial charge in [-0.3, -0.25) is 4.79 Å². The third kappa shape index (κ3) is 3.20. The van der Waals surface area contributed by atoms with Gasteiger partial charge in [0.25, 0.3) is 0 Å². The molecular weight excluding hydrogens is 198 g/mol. The van der Waals surface area contributed by atoms with Gasteiger partial charge in [-0.05, 0) is 19.8 Å². The van der Waals surface area contributed by atoms with Crippen LogP contribution < -0.4 is 0 Å². The highest BCUT2D eigenvalue weighted by Crippen LogP contribution is 2.12. The molecule has 1 heterocycles. The molecule has 5 nitrogen and oxygen atoms in total. The lowest BCUT2D eigenvalue weighted by Crippen LogP contribution is -2.46. The molecule has 1 unspecified atom stereocenters. The lowest BCUT2D eigenvalue weighted by Gasteiger charge is -2.30. The van der Waals surface area contributed by atoms with Gasteiger partial charge in [0, 0.05) is 20.2 Å². The summed E-state index contributed by atoms with van der Waals surface area (Å²) >= 11 is 0. The van der Waals surface area contributed by atoms with E-state index in [1.807, 2.05) is 0 Å². The summed E-state index contributed by atoms with van der Waals surface area (Å²) in [6.07, 6.45) is 1.84. The van der Waals surface area contributed by atoms with Crippen LogP contribution in [0, 0.1) is 0 Å². The van der Waals surface area contributed by atoms with Crippen LogP contribution in [0.3, 0.4) is 0 Å². The Morgan fingerprint density at radius 2 is 2.20 bits per heavy atom. The van der Waals surface area contributed by atoms with Crippen LogP contribution >= 0.6 is 0 Å². The zero-order valence-electron chi connectivity index (χ0n) is 9.19. The summed E-state index contributed by atoms with van der Waals surface area (Å²) in [6, 6.07) is 0. The zero-order valence-corrected chi connectivity index (χ0v) is 9.19. The Kier molecular flexibility index (Phi) is 4.55. The molecule has 1 fully saturated rings. The normalized spacial score (nSPS) is 21.2. The number of methoxy groups -OCH3 is 1. The van der Waals surface area contributed by atoms with Crippen molar-refractivity contribution in [2.45, 2.75) is 25.9 Å². The maximum atomic E-state index is 11.5. The summed E-state index contributed by atoms with van der Waals surface area (Å²) in [5, 5.41) is 0. The number of ether oxygens (including phenoxy) is 2. The number of hydrogen-bond acceptors (Lipinski definition) is 4. The summed E-state index contributed by atoms with van der Waals surface area (Å²) < 4.78 is 9.82. The van der Waals surface area contributed by atoms with E-state index >= 15 is 0 Å². The second-order valence-electron chi connectivity index (χ2n) is 3.47. The van der Waals surface area contributed by atoms with Crippen molar-refractivity contribution in [1.82, 2.24) is 4.90 Å². The largest absolute Gasteiger partial charge is 0.459 e. The highest BCUT2D eigenvalue weighted by Gasteiger charge is 2.28. The Balaban J connectivity index is 2.48. The molecule has 0 aromatic rings. The summed E-state index contributed by atoms with van der Waals surface area (Å²) in [7, 11) is 1.61. The van der Waals surface area contributed by atoms with Crippen molar-refractivity contribution >= 4 is 11.9 Å². The van der Waals surface area contributed by atoms with Crippen LogP contribution in [-0.2, 0) is 19.1 Å². The topological polar surface area (TPSA) is 55.8 Å². The van der Waals surface area contributed by atoms with E-state index in [0.29, 0.717) is 13.1 Å². The molecule has 1 aliphatic heterocycles. The molecule has 1 aliphatic rings. The second-order valence-corrected chi connectivity index (χ2v) is 3.47. The molecule has 0 aliphatic carbocycles. The van der Waals surface area contributed by atoms with E-state index in [0.717, 1.165) is 12.8 Å². The standard InChI is InChI=1S/C10H17NO4/c1-3-15-10(13)9(12)11-6-4-5-8(7-11)14-2/h8H,3-7H2,1-2H3. The van der Waals surface area contributed by atoms with Crippen LogP contribution in [-0.4, -0.2) is 49.7 Å². The molecule has 1 atom stereocenters. The van der Waals surface area contributed by atoms with Crippen LogP contribution in [0.5, 0.6) is 0 Å². The molecule has 1 amide bonds. The van der Waals surface area contributed by atoms with Gasteiger partial charge in [0.1, 0.15) is 0 Å². The fraction of sp³-hybridized carbons (Fsp3) is 0.800. The Labute approximate surface area is 89.3 Å². The minimum Gasteiger partial charge on any atom is -0.459 e. The van der Waals surface area contributed by atoms with Gasteiger partial charge < -0.3 is 14.4 Å². The maximum absolute atomic E-state index is 11.5. The fourth-order valence-electron chi connectivity index (χ4n) is 1.64. The van der Waals surface area contributed by atoms with Crippen molar-refractivity contribution in [3.05, 3.63) is 0 Å². The minimum atomic E-state index is -0.769. The van der Waals surface area contributed by atoms with Gasteiger partial charge >= 0.3 is 11.9 Å². The van der Waals surface area contributed by atoms with Crippen molar-refractivity contribution in [2.24, 2.45) is 0 Å². The minimum absolute atomic E-state index is 0.0390. The molecule has 0 N–H and O–H groups in total. The molecule has 86 valence electrons. The van der Waals surface area contributed by atoms with Crippen molar-refractivity contribution < 1.29 is 19.1 Å². The number of carbonyl (C=O) groups excluding carboxylic acids is 2. The highest BCUT2D eigenvalue weighted by atomic mass is 16.5. The third-order valence-corrected chi connectivity index (χ3v) is 2.45. The SMILES string of the molecule is CCOC(=O)C(=O)N1CCCC(OC)C1. The van der Waals surface area contributed by atoms with Gasteiger partial charge in [-0.25, -0.2) is 4.79 Å². The van der Waals surface area contributed by atoms with Gasteiger partial charge in [0.05, 0.1) is 12.7 Å². The fourth-order valence-corrected chi connectivity index (χ4v) is 1.64. The average molecular weight is 215 g/mol. The molecule has 0 spiro atoms. The van der Waals surface area contributed by atoms with E-state index in [4.69, 9.17) is 4.74 Å². The van der Waals surface area contributed by atoms with Crippen molar-refractivity contribution in [3.63, 3.8) is 0 Å². The first kappa shape index (κ1) is 12.0. The van der Waals surface area contributed by atoms with Crippen LogP contribution in [0.2, 0.25) is 0 Å². The number of likely N-dealkylation sites (tertiary alicyclic amines) is 1. The highest BCUT2D eigenvalue weighted by molar-refractivity contribution is 6.32. The first-order valence-corrected chi connectivity index (χ1v) is 5.17. The Bertz CT molecular complexity index is 242. The maximum Gasteiger partial charge on any atom is 0.397 e. The van der Waals surface area contributed by atoms with E-state index in [1.165, 1.54) is 4.90 Å². The molecule has 5 heteroatoms. The van der Waals surface area contributed by atoms with Crippen molar-refractivity contribution in [2.75, 3.05) is 26.8 Å². The molecule has 0 aromatic heterocycles. The zero-order chi connectivity index (χ0) is 11.3. The molecular formula is C10H17NO4. The van der Waals surface area contributed by atoms with Crippen LogP contribution in [0.25, 0.3) is 0 Å². The van der Waals surface area contributed by atoms with Crippen LogP contribution in [0.4, 0.5) is 0 Å². The van der Waals surface area contributed by atoms with E-state index in [9.17, 15) is 9.59 Å². The van der Waals surface area contributed by atoms with Gasteiger partial charge in [0.15, 0.2) is 0 Å². The first-order chi connectivity index (χ1) is 7.19. The molecule has 15 heavy (non-hydrogen) atoms. The number of rotatable bonds is 2. The van der Waals surface area contributed by atoms with E-state index in [-0.39, 0.29) is 12.7 Å². The van der Waals surface area contributed by atoms with Crippen molar-refractivity contribution in [3.8, 4) is 0 Å². The summed E-state index contributed by atoms with van der Waals surface area (Å²) in [5.41, 5.74) is 0. The quantitative estimate of drug-likeness (QED) is 0.487. The number of amides is 1. The Morgan fingerprint density at radius 1 is 1.47 bits per heavy atom. The first-order valence-electron chi connectivity index (χ1n) is 5.17. The Hall–Kier alpha value is -1.10. The lowest BCUT2D eigenvalue weighted by molar-refractivity contribution is -0.161. The van der Waals surface area contributed by atoms with E-state index in [1.54, 1.807) is 14.0 Å². The smallest absolute Gasteiger partial charge is 0.397 e. The Morgan fingerprint density at radius 3 is 2.80 bits per heavy atom. The molecule has 1 saturated heterocycles. The van der Waals surface area contributed by atoms with Gasteiger partial charge in [-0.1, -0.05) is 0 Å². The van der Waals surface area contributed by atoms with Gasteiger partial charge in [0.2, 0.25) is 0 Å². The van der Waals surface area contributed by atoms with Gasteiger partial charge in [-0.2, -0.15) is 0 Å². The summed E-state index contributed by atoms with van der Waals surface area (Å²) in [6.45, 7) is 3.00. The molecule has 0 bridgehead atoms. The number of hydrogen-bond donors (Lipinski definition) is 0. The summed E-state index contributed by atoms with van der Waals surface area (Å²) in [4.78, 5) is 24.2.